The van der Waals surface area contributed by atoms with Crippen LogP contribution >= 0.6 is 0 Å². The van der Waals surface area contributed by atoms with E-state index in [2.05, 4.69) is 5.32 Å². The van der Waals surface area contributed by atoms with Gasteiger partial charge in [-0.2, -0.15) is 0 Å². The Morgan fingerprint density at radius 2 is 1.40 bits per heavy atom. The predicted octanol–water partition coefficient (Wildman–Crippen LogP) is 4.84. The molecule has 3 rings (SSSR count). The Balaban J connectivity index is 2.02. The van der Waals surface area contributed by atoms with Crippen molar-refractivity contribution in [2.24, 2.45) is 0 Å². The Labute approximate surface area is 238 Å². The van der Waals surface area contributed by atoms with Crippen molar-refractivity contribution in [2.45, 2.75) is 65.1 Å². The van der Waals surface area contributed by atoms with Gasteiger partial charge in [0.15, 0.2) is 0 Å². The molecule has 2 amide bonds. The maximum Gasteiger partial charge on any atom is 0.264 e. The third-order valence-corrected chi connectivity index (χ3v) is 8.18. The quantitative estimate of drug-likeness (QED) is 0.339. The van der Waals surface area contributed by atoms with Gasteiger partial charge < -0.3 is 15.0 Å². The molecular weight excluding hydrogens is 526 g/mol. The van der Waals surface area contributed by atoms with Crippen LogP contribution in [0.4, 0.5) is 5.69 Å². The summed E-state index contributed by atoms with van der Waals surface area (Å²) in [6.07, 6.45) is 0. The molecule has 0 aromatic heterocycles. The number of nitrogens with zero attached hydrogens (tertiary/aromatic N) is 2. The molecule has 0 unspecified atom stereocenters. The molecule has 0 fully saturated rings. The third-order valence-electron chi connectivity index (χ3n) is 6.40. The highest BCUT2D eigenvalue weighted by Gasteiger charge is 2.32. The van der Waals surface area contributed by atoms with E-state index >= 15 is 0 Å². The molecule has 0 spiro atoms. The zero-order chi connectivity index (χ0) is 29.4. The van der Waals surface area contributed by atoms with E-state index < -0.39 is 28.5 Å². The summed E-state index contributed by atoms with van der Waals surface area (Å²) in [6, 6.07) is 19.8. The van der Waals surface area contributed by atoms with Crippen LogP contribution in [-0.4, -0.2) is 50.4 Å². The van der Waals surface area contributed by atoms with Crippen LogP contribution in [0.25, 0.3) is 0 Å². The summed E-state index contributed by atoms with van der Waals surface area (Å²) in [5.41, 5.74) is 3.12. The van der Waals surface area contributed by atoms with Gasteiger partial charge in [0.25, 0.3) is 10.0 Å². The molecule has 0 aliphatic carbocycles. The summed E-state index contributed by atoms with van der Waals surface area (Å²) >= 11 is 0. The summed E-state index contributed by atoms with van der Waals surface area (Å²) in [4.78, 5) is 28.4. The average Bonchev–Trinajstić information content (AvgIpc) is 2.91. The van der Waals surface area contributed by atoms with Gasteiger partial charge in [-0.05, 0) is 83.5 Å². The maximum absolute atomic E-state index is 13.9. The number of hydrogen-bond acceptors (Lipinski definition) is 5. The fourth-order valence-corrected chi connectivity index (χ4v) is 5.53. The number of nitrogens with one attached hydrogen (secondary N) is 1. The highest BCUT2D eigenvalue weighted by molar-refractivity contribution is 7.92. The predicted molar refractivity (Wildman–Crippen MR) is 158 cm³/mol. The second-order valence-electron chi connectivity index (χ2n) is 10.1. The average molecular weight is 566 g/mol. The Hall–Kier alpha value is -3.85. The number of carbonyl (C=O) groups excluding carboxylic acids is 2. The number of anilines is 1. The van der Waals surface area contributed by atoms with Crippen LogP contribution in [0.3, 0.4) is 0 Å². The maximum atomic E-state index is 13.9. The van der Waals surface area contributed by atoms with E-state index in [9.17, 15) is 18.0 Å². The number of benzene rings is 3. The second kappa shape index (κ2) is 13.5. The largest absolute Gasteiger partial charge is 0.494 e. The van der Waals surface area contributed by atoms with Crippen molar-refractivity contribution in [3.63, 3.8) is 0 Å². The topological polar surface area (TPSA) is 96.0 Å². The molecule has 9 heteroatoms. The minimum atomic E-state index is -4.12. The van der Waals surface area contributed by atoms with Crippen LogP contribution in [-0.2, 0) is 26.2 Å². The molecule has 214 valence electrons. The van der Waals surface area contributed by atoms with Crippen molar-refractivity contribution >= 4 is 27.5 Å². The van der Waals surface area contributed by atoms with E-state index in [4.69, 9.17) is 4.74 Å². The number of aryl methyl sites for hydroxylation is 2. The molecule has 0 radical (unpaired) electrons. The second-order valence-corrected chi connectivity index (χ2v) is 12.0. The number of carbonyl (C=O) groups is 2. The molecule has 1 atom stereocenters. The molecule has 8 nitrogen and oxygen atoms in total. The Morgan fingerprint density at radius 1 is 0.850 bits per heavy atom. The smallest absolute Gasteiger partial charge is 0.264 e. The van der Waals surface area contributed by atoms with E-state index in [1.54, 1.807) is 43.3 Å². The molecule has 0 saturated carbocycles. The highest BCUT2D eigenvalue weighted by Crippen LogP contribution is 2.27. The lowest BCUT2D eigenvalue weighted by Crippen LogP contribution is -2.52. The Kier molecular flexibility index (Phi) is 10.3. The van der Waals surface area contributed by atoms with Gasteiger partial charge in [-0.1, -0.05) is 47.5 Å². The van der Waals surface area contributed by atoms with E-state index in [0.29, 0.717) is 18.0 Å². The molecule has 40 heavy (non-hydrogen) atoms. The first-order valence-corrected chi connectivity index (χ1v) is 14.8. The van der Waals surface area contributed by atoms with Crippen molar-refractivity contribution in [1.29, 1.82) is 0 Å². The van der Waals surface area contributed by atoms with Gasteiger partial charge >= 0.3 is 0 Å². The summed E-state index contributed by atoms with van der Waals surface area (Å²) in [5, 5.41) is 2.86. The normalized spacial score (nSPS) is 12.1. The molecule has 0 heterocycles. The van der Waals surface area contributed by atoms with Crippen LogP contribution in [0.1, 0.15) is 44.4 Å². The first-order valence-electron chi connectivity index (χ1n) is 13.4. The van der Waals surface area contributed by atoms with Crippen molar-refractivity contribution < 1.29 is 22.7 Å². The Morgan fingerprint density at radius 3 is 1.93 bits per heavy atom. The van der Waals surface area contributed by atoms with Gasteiger partial charge in [0.1, 0.15) is 18.3 Å². The minimum absolute atomic E-state index is 0.0652. The standard InChI is InChI=1S/C31H39N3O5S/c1-7-39-28-16-14-27(15-17-28)34(40(37,38)29-18-10-24(5)11-19-29)21-30(35)33(25(6)31(36)32-22(2)3)20-26-12-8-23(4)9-13-26/h8-19,22,25H,7,20-21H2,1-6H3,(H,32,36)/t25-/m1/s1. The van der Waals surface area contributed by atoms with E-state index in [-0.39, 0.29) is 23.4 Å². The van der Waals surface area contributed by atoms with Gasteiger partial charge in [-0.3, -0.25) is 13.9 Å². The van der Waals surface area contributed by atoms with Crippen LogP contribution in [0, 0.1) is 13.8 Å². The zero-order valence-corrected chi connectivity index (χ0v) is 24.9. The lowest BCUT2D eigenvalue weighted by Gasteiger charge is -2.32. The SMILES string of the molecule is CCOc1ccc(N(CC(=O)N(Cc2ccc(C)cc2)[C@H](C)C(=O)NC(C)C)S(=O)(=O)c2ccc(C)cc2)cc1. The first kappa shape index (κ1) is 30.7. The lowest BCUT2D eigenvalue weighted by molar-refractivity contribution is -0.139. The molecular formula is C31H39N3O5S. The van der Waals surface area contributed by atoms with E-state index in [0.717, 1.165) is 21.0 Å². The van der Waals surface area contributed by atoms with Crippen LogP contribution in [0.2, 0.25) is 0 Å². The summed E-state index contributed by atoms with van der Waals surface area (Å²) < 4.78 is 34.4. The van der Waals surface area contributed by atoms with Gasteiger partial charge in [0.2, 0.25) is 11.8 Å². The van der Waals surface area contributed by atoms with Gasteiger partial charge in [-0.25, -0.2) is 8.42 Å². The molecule has 0 saturated heterocycles. The van der Waals surface area contributed by atoms with Crippen molar-refractivity contribution in [3.05, 3.63) is 89.5 Å². The molecule has 0 bridgehead atoms. The fourth-order valence-electron chi connectivity index (χ4n) is 4.12. The number of ether oxygens (including phenoxy) is 1. The summed E-state index contributed by atoms with van der Waals surface area (Å²) in [7, 11) is -4.12. The number of rotatable bonds is 12. The van der Waals surface area contributed by atoms with Crippen LogP contribution < -0.4 is 14.4 Å². The van der Waals surface area contributed by atoms with E-state index in [1.165, 1.54) is 17.0 Å². The summed E-state index contributed by atoms with van der Waals surface area (Å²) in [6.45, 7) is 11.2. The molecule has 3 aromatic rings. The van der Waals surface area contributed by atoms with Crippen LogP contribution in [0.5, 0.6) is 5.75 Å². The first-order chi connectivity index (χ1) is 18.9. The lowest BCUT2D eigenvalue weighted by atomic mass is 10.1. The third kappa shape index (κ3) is 7.85. The minimum Gasteiger partial charge on any atom is -0.494 e. The summed E-state index contributed by atoms with van der Waals surface area (Å²) in [5.74, 6) is -0.230. The molecule has 0 aliphatic rings. The fraction of sp³-hybridized carbons (Fsp3) is 0.355. The van der Waals surface area contributed by atoms with E-state index in [1.807, 2.05) is 58.9 Å². The van der Waals surface area contributed by atoms with Crippen LogP contribution in [0.15, 0.2) is 77.7 Å². The Bertz CT molecular complexity index is 1390. The zero-order valence-electron chi connectivity index (χ0n) is 24.0. The number of hydrogen-bond donors (Lipinski definition) is 1. The van der Waals surface area contributed by atoms with Gasteiger partial charge in [-0.15, -0.1) is 0 Å². The monoisotopic (exact) mass is 565 g/mol. The van der Waals surface area contributed by atoms with Crippen molar-refractivity contribution in [2.75, 3.05) is 17.5 Å². The molecule has 3 aromatic carbocycles. The molecule has 0 aliphatic heterocycles. The number of sulfonamides is 1. The van der Waals surface area contributed by atoms with Crippen molar-refractivity contribution in [1.82, 2.24) is 10.2 Å². The van der Waals surface area contributed by atoms with Gasteiger partial charge in [0.05, 0.1) is 17.2 Å². The highest BCUT2D eigenvalue weighted by atomic mass is 32.2. The molecule has 1 N–H and O–H groups in total. The van der Waals surface area contributed by atoms with Crippen molar-refractivity contribution in [3.8, 4) is 5.75 Å². The van der Waals surface area contributed by atoms with Gasteiger partial charge in [0, 0.05) is 12.6 Å². The number of amides is 2.